The van der Waals surface area contributed by atoms with Crippen LogP contribution >= 0.6 is 0 Å². The van der Waals surface area contributed by atoms with Gasteiger partial charge in [0, 0.05) is 50.8 Å². The molecule has 2 fully saturated rings. The zero-order chi connectivity index (χ0) is 26.7. The number of alkyl halides is 3. The second kappa shape index (κ2) is 11.0. The van der Waals surface area contributed by atoms with Crippen molar-refractivity contribution in [2.75, 3.05) is 39.4 Å². The first-order chi connectivity index (χ1) is 18.3. The number of hydrogen-bond donors (Lipinski definition) is 1. The molecular weight excluding hydrogens is 499 g/mol. The summed E-state index contributed by atoms with van der Waals surface area (Å²) in [4.78, 5) is 21.7. The minimum atomic E-state index is -4.75. The van der Waals surface area contributed by atoms with Crippen molar-refractivity contribution in [1.29, 1.82) is 0 Å². The maximum absolute atomic E-state index is 13.4. The zero-order valence-corrected chi connectivity index (χ0v) is 20.8. The molecule has 0 saturated carbocycles. The highest BCUT2D eigenvalue weighted by Crippen LogP contribution is 2.37. The fourth-order valence-electron chi connectivity index (χ4n) is 5.22. The first-order valence-electron chi connectivity index (χ1n) is 12.6. The minimum absolute atomic E-state index is 0.0591. The Labute approximate surface area is 218 Å². The van der Waals surface area contributed by atoms with Crippen molar-refractivity contribution < 1.29 is 27.4 Å². The fraction of sp³-hybridized carbons (Fsp3) is 0.407. The standard InChI is InChI=1S/C27H30F3N5O3/c28-27(29,30)38-23-7-5-19(6-8-23)21-13-22(16-34(15-21)26(36)33-9-11-37-12-10-33)24-17-35(18-32-24)25-4-2-1-3-20(25)14-31/h1-8,17-18,21-22H,9-16,31H2. The van der Waals surface area contributed by atoms with Gasteiger partial charge in [0.25, 0.3) is 0 Å². The molecule has 2 aliphatic rings. The van der Waals surface area contributed by atoms with Crippen LogP contribution in [0.3, 0.4) is 0 Å². The van der Waals surface area contributed by atoms with Crippen LogP contribution in [0.4, 0.5) is 18.0 Å². The highest BCUT2D eigenvalue weighted by Gasteiger charge is 2.35. The van der Waals surface area contributed by atoms with Gasteiger partial charge in [-0.3, -0.25) is 0 Å². The highest BCUT2D eigenvalue weighted by atomic mass is 19.4. The molecule has 3 aromatic rings. The average Bonchev–Trinajstić information content (AvgIpc) is 3.43. The van der Waals surface area contributed by atoms with Gasteiger partial charge in [-0.1, -0.05) is 30.3 Å². The number of carbonyl (C=O) groups excluding carboxylic acids is 1. The van der Waals surface area contributed by atoms with Gasteiger partial charge in [0.05, 0.1) is 30.9 Å². The van der Waals surface area contributed by atoms with Crippen molar-refractivity contribution in [3.63, 3.8) is 0 Å². The maximum Gasteiger partial charge on any atom is 0.573 e. The third kappa shape index (κ3) is 5.94. The van der Waals surface area contributed by atoms with Crippen LogP contribution in [0, 0.1) is 0 Å². The van der Waals surface area contributed by atoms with Crippen LogP contribution in [0.5, 0.6) is 5.75 Å². The van der Waals surface area contributed by atoms with Crippen LogP contribution in [0.25, 0.3) is 5.69 Å². The van der Waals surface area contributed by atoms with E-state index in [1.54, 1.807) is 23.4 Å². The number of para-hydroxylation sites is 1. The minimum Gasteiger partial charge on any atom is -0.406 e. The summed E-state index contributed by atoms with van der Waals surface area (Å²) in [5.41, 5.74) is 9.55. The molecule has 0 spiro atoms. The lowest BCUT2D eigenvalue weighted by molar-refractivity contribution is -0.274. The maximum atomic E-state index is 13.4. The normalized spacial score (nSPS) is 20.4. The van der Waals surface area contributed by atoms with Crippen LogP contribution in [0.2, 0.25) is 0 Å². The summed E-state index contributed by atoms with van der Waals surface area (Å²) in [6, 6.07) is 13.7. The van der Waals surface area contributed by atoms with Gasteiger partial charge in [-0.2, -0.15) is 0 Å². The van der Waals surface area contributed by atoms with Gasteiger partial charge >= 0.3 is 12.4 Å². The second-order valence-corrected chi connectivity index (χ2v) is 9.57. The van der Waals surface area contributed by atoms with Crippen molar-refractivity contribution in [3.8, 4) is 11.4 Å². The van der Waals surface area contributed by atoms with E-state index in [1.165, 1.54) is 12.1 Å². The lowest BCUT2D eigenvalue weighted by atomic mass is 9.83. The Hall–Kier alpha value is -3.57. The number of morpholine rings is 1. The number of piperidine rings is 1. The van der Waals surface area contributed by atoms with E-state index in [4.69, 9.17) is 10.5 Å². The number of urea groups is 1. The van der Waals surface area contributed by atoms with Gasteiger partial charge in [0.15, 0.2) is 0 Å². The molecule has 1 aromatic heterocycles. The predicted molar refractivity (Wildman–Crippen MR) is 134 cm³/mol. The van der Waals surface area contributed by atoms with Gasteiger partial charge in [-0.25, -0.2) is 9.78 Å². The summed E-state index contributed by atoms with van der Waals surface area (Å²) in [6.07, 6.45) is -0.327. The van der Waals surface area contributed by atoms with E-state index in [0.29, 0.717) is 52.4 Å². The van der Waals surface area contributed by atoms with Gasteiger partial charge in [0.2, 0.25) is 0 Å². The number of imidazole rings is 1. The quantitative estimate of drug-likeness (QED) is 0.534. The number of halogens is 3. The van der Waals surface area contributed by atoms with E-state index in [0.717, 1.165) is 22.5 Å². The molecule has 0 radical (unpaired) electrons. The molecule has 8 nitrogen and oxygen atoms in total. The third-order valence-corrected chi connectivity index (χ3v) is 7.10. The van der Waals surface area contributed by atoms with E-state index in [1.807, 2.05) is 39.9 Å². The molecule has 2 saturated heterocycles. The third-order valence-electron chi connectivity index (χ3n) is 7.10. The van der Waals surface area contributed by atoms with Gasteiger partial charge in [-0.15, -0.1) is 13.2 Å². The van der Waals surface area contributed by atoms with Crippen LogP contribution in [0.15, 0.2) is 61.1 Å². The van der Waals surface area contributed by atoms with E-state index in [-0.39, 0.29) is 23.6 Å². The number of amides is 2. The van der Waals surface area contributed by atoms with E-state index >= 15 is 0 Å². The molecule has 2 amide bonds. The predicted octanol–water partition coefficient (Wildman–Crippen LogP) is 4.25. The largest absolute Gasteiger partial charge is 0.573 e. The van der Waals surface area contributed by atoms with Crippen LogP contribution < -0.4 is 10.5 Å². The summed E-state index contributed by atoms with van der Waals surface area (Å²) >= 11 is 0. The summed E-state index contributed by atoms with van der Waals surface area (Å²) in [6.45, 7) is 3.40. The van der Waals surface area contributed by atoms with Crippen molar-refractivity contribution in [1.82, 2.24) is 19.4 Å². The molecule has 2 atom stereocenters. The molecule has 11 heteroatoms. The van der Waals surface area contributed by atoms with Gasteiger partial charge in [0.1, 0.15) is 5.75 Å². The topological polar surface area (TPSA) is 85.9 Å². The summed E-state index contributed by atoms with van der Waals surface area (Å²) in [7, 11) is 0. The molecule has 0 bridgehead atoms. The molecule has 2 N–H and O–H groups in total. The monoisotopic (exact) mass is 529 g/mol. The van der Waals surface area contributed by atoms with Crippen molar-refractivity contribution in [2.45, 2.75) is 31.2 Å². The fourth-order valence-corrected chi connectivity index (χ4v) is 5.22. The molecular formula is C27H30F3N5O3. The van der Waals surface area contributed by atoms with E-state index in [2.05, 4.69) is 9.72 Å². The van der Waals surface area contributed by atoms with Crippen molar-refractivity contribution in [3.05, 3.63) is 77.9 Å². The highest BCUT2D eigenvalue weighted by molar-refractivity contribution is 5.75. The average molecular weight is 530 g/mol. The molecule has 2 aromatic carbocycles. The Morgan fingerprint density at radius 2 is 1.74 bits per heavy atom. The number of aromatic nitrogens is 2. The van der Waals surface area contributed by atoms with Crippen LogP contribution in [0.1, 0.15) is 35.1 Å². The van der Waals surface area contributed by atoms with Crippen LogP contribution in [-0.2, 0) is 11.3 Å². The molecule has 2 aliphatic heterocycles. The number of benzene rings is 2. The van der Waals surface area contributed by atoms with Gasteiger partial charge < -0.3 is 29.6 Å². The Bertz CT molecular complexity index is 1240. The number of rotatable bonds is 5. The van der Waals surface area contributed by atoms with Gasteiger partial charge in [-0.05, 0) is 35.7 Å². The summed E-state index contributed by atoms with van der Waals surface area (Å²) in [5.74, 6) is -0.413. The number of hydrogen-bond acceptors (Lipinski definition) is 5. The first-order valence-corrected chi connectivity index (χ1v) is 12.6. The van der Waals surface area contributed by atoms with E-state index < -0.39 is 6.36 Å². The molecule has 38 heavy (non-hydrogen) atoms. The lowest BCUT2D eigenvalue weighted by Gasteiger charge is -2.40. The van der Waals surface area contributed by atoms with E-state index in [9.17, 15) is 18.0 Å². The van der Waals surface area contributed by atoms with Crippen molar-refractivity contribution >= 4 is 6.03 Å². The van der Waals surface area contributed by atoms with Crippen molar-refractivity contribution in [2.24, 2.45) is 5.73 Å². The summed E-state index contributed by atoms with van der Waals surface area (Å²) < 4.78 is 49.3. The molecule has 5 rings (SSSR count). The number of carbonyl (C=O) groups is 1. The molecule has 0 aliphatic carbocycles. The molecule has 2 unspecified atom stereocenters. The molecule has 202 valence electrons. The zero-order valence-electron chi connectivity index (χ0n) is 20.8. The smallest absolute Gasteiger partial charge is 0.406 e. The second-order valence-electron chi connectivity index (χ2n) is 9.57. The summed E-state index contributed by atoms with van der Waals surface area (Å²) in [5, 5.41) is 0. The number of ether oxygens (including phenoxy) is 2. The Balaban J connectivity index is 1.41. The Morgan fingerprint density at radius 3 is 2.45 bits per heavy atom. The number of nitrogens with zero attached hydrogens (tertiary/aromatic N) is 4. The number of nitrogens with two attached hydrogens (primary N) is 1. The Kier molecular flexibility index (Phi) is 7.57. The first kappa shape index (κ1) is 26.1. The number of likely N-dealkylation sites (tertiary alicyclic amines) is 1. The van der Waals surface area contributed by atoms with Crippen LogP contribution in [-0.4, -0.2) is 71.1 Å². The Morgan fingerprint density at radius 1 is 1.03 bits per heavy atom. The lowest BCUT2D eigenvalue weighted by Crippen LogP contribution is -2.52. The molecule has 3 heterocycles. The SMILES string of the molecule is NCc1ccccc1-n1cnc(C2CC(c3ccc(OC(F)(F)F)cc3)CN(C(=O)N3CCOCC3)C2)c1.